The van der Waals surface area contributed by atoms with Crippen LogP contribution in [0.1, 0.15) is 38.7 Å². The van der Waals surface area contributed by atoms with Gasteiger partial charge in [0.25, 0.3) is 0 Å². The third-order valence-corrected chi connectivity index (χ3v) is 3.64. The Bertz CT molecular complexity index is 462. The normalized spacial score (nSPS) is 26.4. The lowest BCUT2D eigenvalue weighted by Gasteiger charge is -2.31. The molecule has 1 aromatic carbocycles. The molecule has 0 aliphatic heterocycles. The van der Waals surface area contributed by atoms with Crippen LogP contribution in [0.5, 0.6) is 5.75 Å². The molecule has 2 heteroatoms. The molecule has 1 aliphatic carbocycles. The second kappa shape index (κ2) is 6.63. The lowest BCUT2D eigenvalue weighted by Crippen LogP contribution is -2.28. The minimum Gasteiger partial charge on any atom is -0.489 e. The fourth-order valence-electron chi connectivity index (χ4n) is 2.97. The molecule has 2 rings (SSSR count). The maximum Gasteiger partial charge on any atom is 0.135 e. The summed E-state index contributed by atoms with van der Waals surface area (Å²) < 4.78 is 6.18. The summed E-state index contributed by atoms with van der Waals surface area (Å²) in [5.41, 5.74) is 6.38. The summed E-state index contributed by atoms with van der Waals surface area (Å²) in [5, 5.41) is 0. The molecule has 0 heterocycles. The Morgan fingerprint density at radius 2 is 1.84 bits per heavy atom. The zero-order valence-electron chi connectivity index (χ0n) is 11.9. The molecule has 0 spiro atoms. The van der Waals surface area contributed by atoms with E-state index >= 15 is 0 Å². The third-order valence-electron chi connectivity index (χ3n) is 3.64. The molecule has 1 aliphatic rings. The molecular weight excluding hydrogens is 234 g/mol. The highest BCUT2D eigenvalue weighted by molar-refractivity contribution is 5.46. The Hall–Kier alpha value is -1.46. The molecule has 1 fully saturated rings. The Morgan fingerprint density at radius 1 is 1.16 bits per heavy atom. The topological polar surface area (TPSA) is 35.2 Å². The van der Waals surface area contributed by atoms with Crippen LogP contribution in [-0.2, 0) is 0 Å². The maximum atomic E-state index is 6.18. The average molecular weight is 257 g/mol. The van der Waals surface area contributed by atoms with Gasteiger partial charge in [0.05, 0.1) is 18.2 Å². The first-order valence-corrected chi connectivity index (χ1v) is 7.13. The molecule has 2 unspecified atom stereocenters. The highest BCUT2D eigenvalue weighted by Gasteiger charge is 2.25. The van der Waals surface area contributed by atoms with E-state index in [-0.39, 0.29) is 0 Å². The second-order valence-corrected chi connectivity index (χ2v) is 5.66. The van der Waals surface area contributed by atoms with Crippen LogP contribution in [-0.4, -0.2) is 12.6 Å². The van der Waals surface area contributed by atoms with E-state index in [4.69, 9.17) is 10.5 Å². The first-order chi connectivity index (χ1) is 9.19. The number of benzene rings is 1. The molecule has 0 saturated heterocycles. The SMILES string of the molecule is CC1CC(C)CC(Oc2ccccc2C#CCN)C1. The summed E-state index contributed by atoms with van der Waals surface area (Å²) in [6, 6.07) is 7.98. The van der Waals surface area contributed by atoms with E-state index in [0.717, 1.165) is 36.0 Å². The molecule has 0 aromatic heterocycles. The van der Waals surface area contributed by atoms with E-state index in [1.807, 2.05) is 24.3 Å². The van der Waals surface area contributed by atoms with Gasteiger partial charge >= 0.3 is 0 Å². The molecule has 1 aromatic rings. The van der Waals surface area contributed by atoms with Gasteiger partial charge in [-0.15, -0.1) is 0 Å². The molecule has 102 valence electrons. The molecule has 0 amide bonds. The van der Waals surface area contributed by atoms with E-state index in [1.54, 1.807) is 0 Å². The average Bonchev–Trinajstić information content (AvgIpc) is 2.36. The van der Waals surface area contributed by atoms with E-state index in [2.05, 4.69) is 25.7 Å². The van der Waals surface area contributed by atoms with Crippen molar-refractivity contribution in [1.82, 2.24) is 0 Å². The van der Waals surface area contributed by atoms with Crippen molar-refractivity contribution in [1.29, 1.82) is 0 Å². The quantitative estimate of drug-likeness (QED) is 0.826. The molecular formula is C17H23NO. The lowest BCUT2D eigenvalue weighted by atomic mass is 9.82. The van der Waals surface area contributed by atoms with Gasteiger partial charge in [-0.25, -0.2) is 0 Å². The predicted octanol–water partition coefficient (Wildman–Crippen LogP) is 3.20. The van der Waals surface area contributed by atoms with E-state index in [0.29, 0.717) is 12.6 Å². The number of rotatable bonds is 2. The highest BCUT2D eigenvalue weighted by atomic mass is 16.5. The molecule has 0 bridgehead atoms. The van der Waals surface area contributed by atoms with Crippen molar-refractivity contribution in [3.05, 3.63) is 29.8 Å². The number of nitrogens with two attached hydrogens (primary N) is 1. The van der Waals surface area contributed by atoms with E-state index in [9.17, 15) is 0 Å². The second-order valence-electron chi connectivity index (χ2n) is 5.66. The number of ether oxygens (including phenoxy) is 1. The number of hydrogen-bond acceptors (Lipinski definition) is 2. The van der Waals surface area contributed by atoms with Crippen LogP contribution in [0.15, 0.2) is 24.3 Å². The van der Waals surface area contributed by atoms with Gasteiger partial charge in [-0.1, -0.05) is 37.8 Å². The highest BCUT2D eigenvalue weighted by Crippen LogP contribution is 2.32. The Kier molecular flexibility index (Phi) is 4.87. The Labute approximate surface area is 116 Å². The van der Waals surface area contributed by atoms with Gasteiger partial charge in [0.2, 0.25) is 0 Å². The van der Waals surface area contributed by atoms with Crippen molar-refractivity contribution in [2.45, 2.75) is 39.2 Å². The molecule has 1 saturated carbocycles. The predicted molar refractivity (Wildman–Crippen MR) is 79.0 cm³/mol. The van der Waals surface area contributed by atoms with Crippen molar-refractivity contribution in [2.75, 3.05) is 6.54 Å². The van der Waals surface area contributed by atoms with Crippen LogP contribution in [0.3, 0.4) is 0 Å². The maximum absolute atomic E-state index is 6.18. The fourth-order valence-corrected chi connectivity index (χ4v) is 2.97. The first-order valence-electron chi connectivity index (χ1n) is 7.13. The summed E-state index contributed by atoms with van der Waals surface area (Å²) in [5.74, 6) is 8.37. The molecule has 0 radical (unpaired) electrons. The summed E-state index contributed by atoms with van der Waals surface area (Å²) >= 11 is 0. The van der Waals surface area contributed by atoms with Crippen molar-refractivity contribution in [2.24, 2.45) is 17.6 Å². The van der Waals surface area contributed by atoms with Gasteiger partial charge < -0.3 is 10.5 Å². The summed E-state index contributed by atoms with van der Waals surface area (Å²) in [6.45, 7) is 5.00. The summed E-state index contributed by atoms with van der Waals surface area (Å²) in [4.78, 5) is 0. The third kappa shape index (κ3) is 4.01. The zero-order chi connectivity index (χ0) is 13.7. The van der Waals surface area contributed by atoms with Gasteiger partial charge in [0, 0.05) is 0 Å². The van der Waals surface area contributed by atoms with Crippen LogP contribution in [0.25, 0.3) is 0 Å². The van der Waals surface area contributed by atoms with Crippen molar-refractivity contribution >= 4 is 0 Å². The van der Waals surface area contributed by atoms with Crippen molar-refractivity contribution < 1.29 is 4.74 Å². The lowest BCUT2D eigenvalue weighted by molar-refractivity contribution is 0.101. The fraction of sp³-hybridized carbons (Fsp3) is 0.529. The molecule has 19 heavy (non-hydrogen) atoms. The molecule has 2 N–H and O–H groups in total. The van der Waals surface area contributed by atoms with E-state index < -0.39 is 0 Å². The van der Waals surface area contributed by atoms with Crippen LogP contribution in [0, 0.1) is 23.7 Å². The summed E-state index contributed by atoms with van der Waals surface area (Å²) in [7, 11) is 0. The van der Waals surface area contributed by atoms with Crippen molar-refractivity contribution in [3.8, 4) is 17.6 Å². The zero-order valence-corrected chi connectivity index (χ0v) is 11.9. The van der Waals surface area contributed by atoms with Crippen LogP contribution in [0.4, 0.5) is 0 Å². The minimum atomic E-state index is 0.319. The van der Waals surface area contributed by atoms with Crippen LogP contribution >= 0.6 is 0 Å². The van der Waals surface area contributed by atoms with Gasteiger partial charge in [-0.3, -0.25) is 0 Å². The largest absolute Gasteiger partial charge is 0.489 e. The van der Waals surface area contributed by atoms with Gasteiger partial charge in [-0.2, -0.15) is 0 Å². The first kappa shape index (κ1) is 14.0. The number of para-hydroxylation sites is 1. The van der Waals surface area contributed by atoms with E-state index in [1.165, 1.54) is 6.42 Å². The minimum absolute atomic E-state index is 0.319. The number of hydrogen-bond donors (Lipinski definition) is 1. The Morgan fingerprint density at radius 3 is 2.53 bits per heavy atom. The van der Waals surface area contributed by atoms with Gasteiger partial charge in [-0.05, 0) is 43.2 Å². The van der Waals surface area contributed by atoms with Crippen LogP contribution < -0.4 is 10.5 Å². The van der Waals surface area contributed by atoms with Crippen molar-refractivity contribution in [3.63, 3.8) is 0 Å². The molecule has 2 nitrogen and oxygen atoms in total. The monoisotopic (exact) mass is 257 g/mol. The standard InChI is InChI=1S/C17H23NO/c1-13-10-14(2)12-16(11-13)19-17-8-4-3-6-15(17)7-5-9-18/h3-4,6,8,13-14,16H,9-12,18H2,1-2H3. The van der Waals surface area contributed by atoms with Crippen LogP contribution in [0.2, 0.25) is 0 Å². The Balaban J connectivity index is 2.10. The smallest absolute Gasteiger partial charge is 0.135 e. The van der Waals surface area contributed by atoms with Gasteiger partial charge in [0.1, 0.15) is 5.75 Å². The van der Waals surface area contributed by atoms with Gasteiger partial charge in [0.15, 0.2) is 0 Å². The molecule has 2 atom stereocenters. The summed E-state index contributed by atoms with van der Waals surface area (Å²) in [6.07, 6.45) is 3.92.